The number of benzene rings is 9. The maximum absolute atomic E-state index is 2.44. The predicted molar refractivity (Wildman–Crippen MR) is 253 cm³/mol. The monoisotopic (exact) mass is 770 g/mol. The number of aromatic nitrogens is 1. The minimum Gasteiger partial charge on any atom is -0.310 e. The van der Waals surface area contributed by atoms with Gasteiger partial charge in [-0.05, 0) is 129 Å². The number of fused-ring (bicyclic) bond motifs is 8. The van der Waals surface area contributed by atoms with E-state index in [0.29, 0.717) is 0 Å². The molecule has 12 rings (SSSR count). The maximum Gasteiger partial charge on any atom is 0.0541 e. The van der Waals surface area contributed by atoms with Crippen LogP contribution < -0.4 is 4.90 Å². The smallest absolute Gasteiger partial charge is 0.0541 e. The van der Waals surface area contributed by atoms with E-state index in [-0.39, 0.29) is 0 Å². The predicted octanol–water partition coefficient (Wildman–Crippen LogP) is 15.8. The summed E-state index contributed by atoms with van der Waals surface area (Å²) in [7, 11) is 0. The number of nitrogens with zero attached hydrogens (tertiary/aromatic N) is 2. The molecule has 278 valence electrons. The molecule has 0 spiro atoms. The van der Waals surface area contributed by atoms with Crippen LogP contribution in [0.3, 0.4) is 0 Å². The third kappa shape index (κ3) is 5.54. The van der Waals surface area contributed by atoms with Gasteiger partial charge in [0.25, 0.3) is 0 Å². The van der Waals surface area contributed by atoms with Crippen molar-refractivity contribution >= 4 is 87.4 Å². The first-order valence-corrected chi connectivity index (χ1v) is 21.3. The van der Waals surface area contributed by atoms with E-state index in [1.54, 1.807) is 0 Å². The summed E-state index contributed by atoms with van der Waals surface area (Å²) in [6.07, 6.45) is 4.61. The van der Waals surface area contributed by atoms with Crippen molar-refractivity contribution in [1.82, 2.24) is 4.57 Å². The molecule has 0 fully saturated rings. The first kappa shape index (κ1) is 33.9. The van der Waals surface area contributed by atoms with Gasteiger partial charge in [-0.2, -0.15) is 0 Å². The van der Waals surface area contributed by atoms with Crippen LogP contribution in [-0.4, -0.2) is 4.57 Å². The molecule has 3 heteroatoms. The second-order valence-corrected chi connectivity index (χ2v) is 16.6. The second kappa shape index (κ2) is 13.7. The first-order chi connectivity index (χ1) is 29.3. The van der Waals surface area contributed by atoms with Crippen LogP contribution in [0.1, 0.15) is 22.4 Å². The van der Waals surface area contributed by atoms with Gasteiger partial charge in [0, 0.05) is 42.8 Å². The quantitative estimate of drug-likeness (QED) is 0.163. The van der Waals surface area contributed by atoms with Crippen molar-refractivity contribution in [3.05, 3.63) is 222 Å². The molecular formula is C56H38N2S. The Kier molecular flexibility index (Phi) is 7.89. The SMILES string of the molecule is C1=C(c2ccc(N(c3ccc4ccccc4c3)c3ccc(-c4ccc5c(c4)c4ccccc4n5-c4ccccc4)c4ccccc34)cc2)c2sc3ccccc3c2CC1. The van der Waals surface area contributed by atoms with Crippen molar-refractivity contribution in [2.45, 2.75) is 12.8 Å². The Bertz CT molecular complexity index is 3440. The lowest BCUT2D eigenvalue weighted by molar-refractivity contribution is 0.998. The molecule has 2 heterocycles. The highest BCUT2D eigenvalue weighted by Crippen LogP contribution is 2.46. The van der Waals surface area contributed by atoms with Crippen LogP contribution >= 0.6 is 11.3 Å². The molecule has 0 saturated carbocycles. The zero-order valence-electron chi connectivity index (χ0n) is 32.3. The van der Waals surface area contributed by atoms with E-state index in [4.69, 9.17) is 0 Å². The van der Waals surface area contributed by atoms with Gasteiger partial charge in [0.05, 0.1) is 16.7 Å². The van der Waals surface area contributed by atoms with Gasteiger partial charge >= 0.3 is 0 Å². The average Bonchev–Trinajstić information content (AvgIpc) is 3.85. The van der Waals surface area contributed by atoms with Gasteiger partial charge in [0.1, 0.15) is 0 Å². The molecule has 0 unspecified atom stereocenters. The molecule has 1 aliphatic rings. The lowest BCUT2D eigenvalue weighted by Crippen LogP contribution is -2.11. The Morgan fingerprint density at radius 1 is 0.458 bits per heavy atom. The fraction of sp³-hybridized carbons (Fsp3) is 0.0357. The molecule has 2 aromatic heterocycles. The Morgan fingerprint density at radius 3 is 2.00 bits per heavy atom. The lowest BCUT2D eigenvalue weighted by atomic mass is 9.91. The normalized spacial score (nSPS) is 12.7. The number of allylic oxidation sites excluding steroid dienone is 1. The van der Waals surface area contributed by atoms with Crippen molar-refractivity contribution < 1.29 is 0 Å². The Hall–Kier alpha value is -7.20. The third-order valence-corrected chi connectivity index (χ3v) is 13.5. The second-order valence-electron chi connectivity index (χ2n) is 15.6. The number of anilines is 3. The number of aryl methyl sites for hydroxylation is 1. The highest BCUT2D eigenvalue weighted by Gasteiger charge is 2.22. The summed E-state index contributed by atoms with van der Waals surface area (Å²) in [6.45, 7) is 0. The summed E-state index contributed by atoms with van der Waals surface area (Å²) in [4.78, 5) is 3.86. The van der Waals surface area contributed by atoms with Crippen LogP contribution in [0.15, 0.2) is 206 Å². The van der Waals surface area contributed by atoms with E-state index in [1.165, 1.54) is 91.8 Å². The first-order valence-electron chi connectivity index (χ1n) is 20.5. The summed E-state index contributed by atoms with van der Waals surface area (Å²) in [5, 5.41) is 8.81. The lowest BCUT2D eigenvalue weighted by Gasteiger charge is -2.28. The highest BCUT2D eigenvalue weighted by molar-refractivity contribution is 7.20. The Labute approximate surface area is 347 Å². The molecule has 0 saturated heterocycles. The number of rotatable bonds is 6. The minimum absolute atomic E-state index is 1.06. The van der Waals surface area contributed by atoms with E-state index in [2.05, 4.69) is 216 Å². The molecule has 0 bridgehead atoms. The van der Waals surface area contributed by atoms with E-state index in [0.717, 1.165) is 29.9 Å². The van der Waals surface area contributed by atoms with Gasteiger partial charge < -0.3 is 9.47 Å². The van der Waals surface area contributed by atoms with Gasteiger partial charge in [0.2, 0.25) is 0 Å². The van der Waals surface area contributed by atoms with E-state index in [9.17, 15) is 0 Å². The third-order valence-electron chi connectivity index (χ3n) is 12.3. The van der Waals surface area contributed by atoms with E-state index in [1.807, 2.05) is 11.3 Å². The zero-order valence-corrected chi connectivity index (χ0v) is 33.2. The fourth-order valence-corrected chi connectivity index (χ4v) is 10.8. The fourth-order valence-electron chi connectivity index (χ4n) is 9.53. The average molecular weight is 771 g/mol. The van der Waals surface area contributed by atoms with Crippen molar-refractivity contribution in [3.63, 3.8) is 0 Å². The molecule has 59 heavy (non-hydrogen) atoms. The van der Waals surface area contributed by atoms with Crippen LogP contribution in [0.5, 0.6) is 0 Å². The summed E-state index contributed by atoms with van der Waals surface area (Å²) < 4.78 is 3.76. The highest BCUT2D eigenvalue weighted by atomic mass is 32.1. The Morgan fingerprint density at radius 2 is 1.14 bits per heavy atom. The summed E-state index contributed by atoms with van der Waals surface area (Å²) in [6, 6.07) is 73.6. The molecule has 2 nitrogen and oxygen atoms in total. The van der Waals surface area contributed by atoms with Gasteiger partial charge in [0.15, 0.2) is 0 Å². The van der Waals surface area contributed by atoms with Gasteiger partial charge in [-0.1, -0.05) is 140 Å². The number of thiophene rings is 1. The van der Waals surface area contributed by atoms with Crippen LogP contribution in [0.4, 0.5) is 17.1 Å². The minimum atomic E-state index is 1.06. The zero-order chi connectivity index (χ0) is 38.9. The van der Waals surface area contributed by atoms with Crippen LogP contribution in [0.2, 0.25) is 0 Å². The molecule has 0 aliphatic heterocycles. The van der Waals surface area contributed by atoms with Crippen molar-refractivity contribution in [2.24, 2.45) is 0 Å². The van der Waals surface area contributed by atoms with Gasteiger partial charge in [-0.3, -0.25) is 0 Å². The maximum atomic E-state index is 2.44. The molecule has 0 N–H and O–H groups in total. The van der Waals surface area contributed by atoms with E-state index < -0.39 is 0 Å². The molecule has 9 aromatic carbocycles. The number of hydrogen-bond acceptors (Lipinski definition) is 2. The van der Waals surface area contributed by atoms with Crippen LogP contribution in [-0.2, 0) is 6.42 Å². The van der Waals surface area contributed by atoms with Crippen LogP contribution in [0.25, 0.3) is 75.8 Å². The Balaban J connectivity index is 1.00. The summed E-state index contributed by atoms with van der Waals surface area (Å²) in [5.41, 5.74) is 13.6. The van der Waals surface area contributed by atoms with E-state index >= 15 is 0 Å². The van der Waals surface area contributed by atoms with Crippen molar-refractivity contribution in [3.8, 4) is 16.8 Å². The molecule has 11 aromatic rings. The molecule has 0 amide bonds. The topological polar surface area (TPSA) is 8.17 Å². The molecule has 0 atom stereocenters. The molecule has 1 aliphatic carbocycles. The van der Waals surface area contributed by atoms with Gasteiger partial charge in [-0.15, -0.1) is 11.3 Å². The summed E-state index contributed by atoms with van der Waals surface area (Å²) >= 11 is 1.93. The van der Waals surface area contributed by atoms with Crippen molar-refractivity contribution in [2.75, 3.05) is 4.90 Å². The van der Waals surface area contributed by atoms with Gasteiger partial charge in [-0.25, -0.2) is 0 Å². The standard InChI is InChI=1S/C56H38N2S/c1-2-15-41(16-3-1)58-52-23-10-8-19-48(52)51-36-40(28-33-54(51)58)44-32-34-53(47-18-7-6-17-46(44)47)57(43-31-25-37-13-4-5-14-39(37)35-43)42-29-26-38(27-30-42)45-21-12-22-50-49-20-9-11-24-55(49)59-56(45)50/h1-11,13-21,23-36H,12,22H2. The largest absolute Gasteiger partial charge is 0.310 e. The van der Waals surface area contributed by atoms with Crippen LogP contribution in [0, 0.1) is 0 Å². The summed E-state index contributed by atoms with van der Waals surface area (Å²) in [5.74, 6) is 0. The molecule has 0 radical (unpaired) electrons. The number of hydrogen-bond donors (Lipinski definition) is 0. The number of para-hydroxylation sites is 2. The molecular weight excluding hydrogens is 733 g/mol. The van der Waals surface area contributed by atoms with Crippen molar-refractivity contribution in [1.29, 1.82) is 0 Å².